The van der Waals surface area contributed by atoms with Gasteiger partial charge in [0.25, 0.3) is 0 Å². The van der Waals surface area contributed by atoms with Gasteiger partial charge in [-0.2, -0.15) is 0 Å². The fourth-order valence-corrected chi connectivity index (χ4v) is 4.86. The Labute approximate surface area is 176 Å². The highest BCUT2D eigenvalue weighted by Gasteiger charge is 2.27. The average molecular weight is 383 g/mol. The smallest absolute Gasteiger partial charge is 0.0567 e. The van der Waals surface area contributed by atoms with Crippen LogP contribution < -0.4 is 4.90 Å². The number of hydrogen-bond donors (Lipinski definition) is 0. The molecule has 0 atom stereocenters. The number of nitrogens with zero attached hydrogens (tertiary/aromatic N) is 1. The normalized spacial score (nSPS) is 13.3. The minimum absolute atomic E-state index is 1.23. The number of fused-ring (bicyclic) bond motifs is 2. The van der Waals surface area contributed by atoms with Crippen LogP contribution in [-0.4, -0.2) is 7.05 Å². The Morgan fingerprint density at radius 3 is 1.97 bits per heavy atom. The van der Waals surface area contributed by atoms with Crippen LogP contribution in [-0.2, 0) is 0 Å². The van der Waals surface area contributed by atoms with Crippen LogP contribution in [0.25, 0.3) is 32.8 Å². The van der Waals surface area contributed by atoms with E-state index in [1.54, 1.807) is 0 Å². The summed E-state index contributed by atoms with van der Waals surface area (Å²) in [4.78, 5) is 2.37. The Hall–Kier alpha value is -3.84. The fraction of sp³-hybridized carbons (Fsp3) is 0.0345. The first-order valence-corrected chi connectivity index (χ1v) is 10.4. The minimum atomic E-state index is 1.23. The topological polar surface area (TPSA) is 3.24 Å². The van der Waals surface area contributed by atoms with Crippen molar-refractivity contribution in [2.24, 2.45) is 0 Å². The molecule has 0 unspecified atom stereocenters. The second-order valence-corrected chi connectivity index (χ2v) is 7.86. The van der Waals surface area contributed by atoms with Crippen LogP contribution in [0, 0.1) is 0 Å². The third-order valence-electron chi connectivity index (χ3n) is 6.18. The van der Waals surface area contributed by atoms with Crippen molar-refractivity contribution in [1.82, 2.24) is 0 Å². The summed E-state index contributed by atoms with van der Waals surface area (Å²) in [7, 11) is 2.20. The lowest BCUT2D eigenvalue weighted by atomic mass is 9.84. The summed E-state index contributed by atoms with van der Waals surface area (Å²) in [5, 5.41) is 5.23. The largest absolute Gasteiger partial charge is 0.343 e. The zero-order valence-corrected chi connectivity index (χ0v) is 16.8. The molecule has 5 aromatic carbocycles. The zero-order chi connectivity index (χ0) is 20.1. The number of benzene rings is 5. The molecule has 0 saturated carbocycles. The third-order valence-corrected chi connectivity index (χ3v) is 6.18. The van der Waals surface area contributed by atoms with Crippen molar-refractivity contribution in [2.45, 2.75) is 0 Å². The van der Waals surface area contributed by atoms with E-state index in [9.17, 15) is 0 Å². The van der Waals surface area contributed by atoms with Crippen LogP contribution in [0.2, 0.25) is 0 Å². The molecular formula is C29H21N. The average Bonchev–Trinajstić information content (AvgIpc) is 2.82. The molecule has 0 saturated heterocycles. The van der Waals surface area contributed by atoms with Crippen LogP contribution in [0.5, 0.6) is 0 Å². The molecule has 1 heteroatoms. The molecule has 0 bridgehead atoms. The van der Waals surface area contributed by atoms with E-state index in [-0.39, 0.29) is 0 Å². The van der Waals surface area contributed by atoms with Gasteiger partial charge in [-0.25, -0.2) is 0 Å². The summed E-state index contributed by atoms with van der Waals surface area (Å²) in [6.45, 7) is 0. The summed E-state index contributed by atoms with van der Waals surface area (Å²) in [6.07, 6.45) is 0. The first-order valence-electron chi connectivity index (χ1n) is 10.4. The summed E-state index contributed by atoms with van der Waals surface area (Å²) in [5.74, 6) is 0. The first kappa shape index (κ1) is 17.1. The van der Waals surface area contributed by atoms with E-state index in [2.05, 4.69) is 121 Å². The summed E-state index contributed by atoms with van der Waals surface area (Å²) >= 11 is 0. The van der Waals surface area contributed by atoms with Gasteiger partial charge in [-0.05, 0) is 38.9 Å². The number of rotatable bonds is 2. The van der Waals surface area contributed by atoms with Crippen molar-refractivity contribution in [1.29, 1.82) is 0 Å². The van der Waals surface area contributed by atoms with Crippen molar-refractivity contribution >= 4 is 38.5 Å². The molecule has 142 valence electrons. The van der Waals surface area contributed by atoms with Gasteiger partial charge < -0.3 is 4.90 Å². The monoisotopic (exact) mass is 383 g/mol. The Bertz CT molecular complexity index is 1430. The molecule has 6 rings (SSSR count). The first-order chi connectivity index (χ1) is 14.8. The lowest BCUT2D eigenvalue weighted by Gasteiger charge is -2.34. The molecule has 0 fully saturated rings. The van der Waals surface area contributed by atoms with Gasteiger partial charge >= 0.3 is 0 Å². The highest BCUT2D eigenvalue weighted by atomic mass is 15.1. The number of hydrogen-bond acceptors (Lipinski definition) is 1. The van der Waals surface area contributed by atoms with E-state index < -0.39 is 0 Å². The summed E-state index contributed by atoms with van der Waals surface area (Å²) in [5.41, 5.74) is 7.58. The van der Waals surface area contributed by atoms with Gasteiger partial charge in [0.1, 0.15) is 0 Å². The molecule has 1 aliphatic heterocycles. The van der Waals surface area contributed by atoms with Gasteiger partial charge in [0.15, 0.2) is 0 Å². The van der Waals surface area contributed by atoms with E-state index in [4.69, 9.17) is 0 Å². The molecule has 1 aliphatic rings. The van der Waals surface area contributed by atoms with Gasteiger partial charge in [-0.3, -0.25) is 0 Å². The van der Waals surface area contributed by atoms with E-state index >= 15 is 0 Å². The van der Waals surface area contributed by atoms with Gasteiger partial charge in [0.2, 0.25) is 0 Å². The molecule has 0 amide bonds. The molecule has 5 aromatic rings. The molecule has 0 spiro atoms. The maximum atomic E-state index is 2.37. The van der Waals surface area contributed by atoms with Crippen molar-refractivity contribution in [3.63, 3.8) is 0 Å². The summed E-state index contributed by atoms with van der Waals surface area (Å²) in [6, 6.07) is 39.3. The van der Waals surface area contributed by atoms with Crippen molar-refractivity contribution in [2.75, 3.05) is 11.9 Å². The maximum Gasteiger partial charge on any atom is 0.0567 e. The minimum Gasteiger partial charge on any atom is -0.343 e. The van der Waals surface area contributed by atoms with Gasteiger partial charge in [0, 0.05) is 18.0 Å². The van der Waals surface area contributed by atoms with E-state index in [0.29, 0.717) is 0 Å². The van der Waals surface area contributed by atoms with E-state index in [0.717, 1.165) is 0 Å². The summed E-state index contributed by atoms with van der Waals surface area (Å²) < 4.78 is 0. The van der Waals surface area contributed by atoms with E-state index in [1.807, 2.05) is 0 Å². The highest BCUT2D eigenvalue weighted by molar-refractivity contribution is 6.23. The zero-order valence-electron chi connectivity index (χ0n) is 16.8. The van der Waals surface area contributed by atoms with Crippen molar-refractivity contribution in [3.05, 3.63) is 126 Å². The highest BCUT2D eigenvalue weighted by Crippen LogP contribution is 2.48. The third kappa shape index (κ3) is 2.42. The molecule has 1 nitrogen and oxygen atoms in total. The predicted octanol–water partition coefficient (Wildman–Crippen LogP) is 7.36. The lowest BCUT2D eigenvalue weighted by molar-refractivity contribution is 1.22. The molecule has 0 aliphatic carbocycles. The molecule has 0 N–H and O–H groups in total. The van der Waals surface area contributed by atoms with Crippen molar-refractivity contribution < 1.29 is 0 Å². The van der Waals surface area contributed by atoms with Crippen molar-refractivity contribution in [3.8, 4) is 0 Å². The van der Waals surface area contributed by atoms with Crippen LogP contribution >= 0.6 is 0 Å². The molecule has 30 heavy (non-hydrogen) atoms. The van der Waals surface area contributed by atoms with Crippen LogP contribution in [0.3, 0.4) is 0 Å². The van der Waals surface area contributed by atoms with Crippen LogP contribution in [0.15, 0.2) is 109 Å². The Balaban J connectivity index is 1.80. The van der Waals surface area contributed by atoms with Gasteiger partial charge in [0.05, 0.1) is 11.4 Å². The van der Waals surface area contributed by atoms with Crippen LogP contribution in [0.4, 0.5) is 5.69 Å². The van der Waals surface area contributed by atoms with Crippen LogP contribution in [0.1, 0.15) is 16.7 Å². The lowest BCUT2D eigenvalue weighted by Crippen LogP contribution is -2.21. The standard InChI is InChI=1S/C29H21N/c1-30-26-19-22-15-8-9-16-23(22)24-17-10-18-25(28(24)26)27(20-11-4-2-5-12-20)29(30)21-13-6-3-7-14-21/h2-19H,1H3. The second-order valence-electron chi connectivity index (χ2n) is 7.86. The number of anilines is 1. The Morgan fingerprint density at radius 1 is 0.567 bits per heavy atom. The van der Waals surface area contributed by atoms with Gasteiger partial charge in [-0.1, -0.05) is 103 Å². The Morgan fingerprint density at radius 2 is 1.20 bits per heavy atom. The predicted molar refractivity (Wildman–Crippen MR) is 129 cm³/mol. The van der Waals surface area contributed by atoms with Gasteiger partial charge in [-0.15, -0.1) is 0 Å². The Kier molecular flexibility index (Phi) is 3.75. The molecular weight excluding hydrogens is 362 g/mol. The molecule has 1 heterocycles. The second kappa shape index (κ2) is 6.60. The molecule has 0 radical (unpaired) electrons. The van der Waals surface area contributed by atoms with E-state index in [1.165, 1.54) is 55.2 Å². The SMILES string of the molecule is CN1C(c2ccccc2)=C(c2ccccc2)c2cccc3c2c1cc1ccccc13. The molecule has 0 aromatic heterocycles. The quantitative estimate of drug-likeness (QED) is 0.288. The fourth-order valence-electron chi connectivity index (χ4n) is 4.86. The maximum absolute atomic E-state index is 2.37.